The summed E-state index contributed by atoms with van der Waals surface area (Å²) in [5, 5.41) is 11.6. The molecule has 1 N–H and O–H groups in total. The zero-order valence-corrected chi connectivity index (χ0v) is 18.0. The van der Waals surface area contributed by atoms with Gasteiger partial charge in [-0.05, 0) is 29.8 Å². The highest BCUT2D eigenvalue weighted by atomic mass is 19.4. The van der Waals surface area contributed by atoms with Crippen LogP contribution in [-0.4, -0.2) is 34.3 Å². The standard InChI is InChI=1S/C24H21F3N6.CH4/c1-33(2)21-14-19(22(32-31-21)17-9-6-10-18(13-17)24(25,26)27)20-11-12-28-23(30-20)29-15-16-7-4-3-5-8-16;/h3-14H,15H2,1-2H3,(H,28,29,30);1H4. The Balaban J connectivity index is 0.00000324. The summed E-state index contributed by atoms with van der Waals surface area (Å²) in [6.07, 6.45) is -2.86. The van der Waals surface area contributed by atoms with Crippen LogP contribution in [0, 0.1) is 0 Å². The van der Waals surface area contributed by atoms with E-state index in [1.807, 2.05) is 44.4 Å². The van der Waals surface area contributed by atoms with Gasteiger partial charge in [0.1, 0.15) is 5.69 Å². The van der Waals surface area contributed by atoms with Crippen LogP contribution in [0.25, 0.3) is 22.5 Å². The zero-order chi connectivity index (χ0) is 23.4. The number of aromatic nitrogens is 4. The average Bonchev–Trinajstić information content (AvgIpc) is 2.83. The van der Waals surface area contributed by atoms with E-state index < -0.39 is 11.7 Å². The number of anilines is 2. The topological polar surface area (TPSA) is 66.8 Å². The number of nitrogens with one attached hydrogen (secondary N) is 1. The third-order valence-corrected chi connectivity index (χ3v) is 4.93. The van der Waals surface area contributed by atoms with Crippen molar-refractivity contribution in [2.75, 3.05) is 24.3 Å². The lowest BCUT2D eigenvalue weighted by Gasteiger charge is -2.15. The molecule has 0 aliphatic heterocycles. The van der Waals surface area contributed by atoms with Crippen molar-refractivity contribution in [2.24, 2.45) is 0 Å². The highest BCUT2D eigenvalue weighted by Gasteiger charge is 2.31. The number of hydrogen-bond acceptors (Lipinski definition) is 6. The normalized spacial score (nSPS) is 11.0. The molecule has 0 radical (unpaired) electrons. The molecule has 2 heterocycles. The van der Waals surface area contributed by atoms with Gasteiger partial charge in [-0.25, -0.2) is 9.97 Å². The van der Waals surface area contributed by atoms with Gasteiger partial charge in [0.05, 0.1) is 11.3 Å². The second kappa shape index (κ2) is 10.3. The Bertz CT molecular complexity index is 1240. The van der Waals surface area contributed by atoms with Crippen molar-refractivity contribution in [1.29, 1.82) is 0 Å². The molecular weight excluding hydrogens is 441 g/mol. The summed E-state index contributed by atoms with van der Waals surface area (Å²) in [7, 11) is 3.62. The number of halogens is 3. The zero-order valence-electron chi connectivity index (χ0n) is 18.0. The molecule has 0 amide bonds. The van der Waals surface area contributed by atoms with E-state index in [9.17, 15) is 13.2 Å². The summed E-state index contributed by atoms with van der Waals surface area (Å²) in [5.74, 6) is 0.952. The van der Waals surface area contributed by atoms with Crippen molar-refractivity contribution in [3.63, 3.8) is 0 Å². The lowest BCUT2D eigenvalue weighted by atomic mass is 10.0. The number of alkyl halides is 3. The van der Waals surface area contributed by atoms with Crippen molar-refractivity contribution in [2.45, 2.75) is 20.1 Å². The van der Waals surface area contributed by atoms with Gasteiger partial charge in [-0.15, -0.1) is 10.2 Å². The molecule has 0 bridgehead atoms. The first-order valence-electron chi connectivity index (χ1n) is 10.1. The third kappa shape index (κ3) is 5.67. The van der Waals surface area contributed by atoms with Gasteiger partial charge in [0, 0.05) is 38.0 Å². The van der Waals surface area contributed by atoms with Gasteiger partial charge in [-0.3, -0.25) is 0 Å². The van der Waals surface area contributed by atoms with Crippen molar-refractivity contribution >= 4 is 11.8 Å². The Labute approximate surface area is 196 Å². The number of rotatable bonds is 6. The Morgan fingerprint density at radius 3 is 2.38 bits per heavy atom. The molecule has 2 aromatic carbocycles. The van der Waals surface area contributed by atoms with Crippen molar-refractivity contribution in [1.82, 2.24) is 20.2 Å². The molecule has 2 aromatic heterocycles. The second-order valence-electron chi connectivity index (χ2n) is 7.54. The lowest BCUT2D eigenvalue weighted by molar-refractivity contribution is -0.137. The van der Waals surface area contributed by atoms with E-state index in [0.29, 0.717) is 40.8 Å². The monoisotopic (exact) mass is 466 g/mol. The average molecular weight is 467 g/mol. The third-order valence-electron chi connectivity index (χ3n) is 4.93. The summed E-state index contributed by atoms with van der Waals surface area (Å²) in [6.45, 7) is 0.530. The maximum absolute atomic E-state index is 13.3. The quantitative estimate of drug-likeness (QED) is 0.380. The molecule has 4 aromatic rings. The molecule has 0 atom stereocenters. The molecule has 6 nitrogen and oxygen atoms in total. The summed E-state index contributed by atoms with van der Waals surface area (Å²) in [4.78, 5) is 10.6. The Morgan fingerprint density at radius 1 is 0.912 bits per heavy atom. The van der Waals surface area contributed by atoms with E-state index >= 15 is 0 Å². The Hall–Kier alpha value is -4.01. The minimum Gasteiger partial charge on any atom is -0.361 e. The molecule has 34 heavy (non-hydrogen) atoms. The number of hydrogen-bond donors (Lipinski definition) is 1. The molecule has 0 spiro atoms. The number of nitrogens with zero attached hydrogens (tertiary/aromatic N) is 5. The van der Waals surface area contributed by atoms with Crippen LogP contribution in [0.5, 0.6) is 0 Å². The Kier molecular flexibility index (Phi) is 7.45. The highest BCUT2D eigenvalue weighted by molar-refractivity contribution is 5.80. The van der Waals surface area contributed by atoms with Crippen molar-refractivity contribution < 1.29 is 13.2 Å². The second-order valence-corrected chi connectivity index (χ2v) is 7.54. The molecular formula is C25H25F3N6. The highest BCUT2D eigenvalue weighted by Crippen LogP contribution is 2.35. The van der Waals surface area contributed by atoms with E-state index in [-0.39, 0.29) is 7.43 Å². The summed E-state index contributed by atoms with van der Waals surface area (Å²) in [5.41, 5.74) is 1.99. The van der Waals surface area contributed by atoms with Crippen LogP contribution < -0.4 is 10.2 Å². The first-order chi connectivity index (χ1) is 15.8. The largest absolute Gasteiger partial charge is 0.416 e. The molecule has 0 unspecified atom stereocenters. The molecule has 0 saturated heterocycles. The smallest absolute Gasteiger partial charge is 0.361 e. The van der Waals surface area contributed by atoms with Crippen LogP contribution in [0.15, 0.2) is 72.9 Å². The maximum Gasteiger partial charge on any atom is 0.416 e. The van der Waals surface area contributed by atoms with Crippen molar-refractivity contribution in [3.05, 3.63) is 84.1 Å². The SMILES string of the molecule is C.CN(C)c1cc(-c2ccnc(NCc3ccccc3)n2)c(-c2cccc(C(F)(F)F)c2)nn1. The fourth-order valence-corrected chi connectivity index (χ4v) is 3.22. The molecule has 0 fully saturated rings. The Morgan fingerprint density at radius 2 is 1.68 bits per heavy atom. The predicted molar refractivity (Wildman–Crippen MR) is 128 cm³/mol. The molecule has 0 saturated carbocycles. The predicted octanol–water partition coefficient (Wildman–Crippen LogP) is 5.93. The fourth-order valence-electron chi connectivity index (χ4n) is 3.22. The maximum atomic E-state index is 13.3. The van der Waals surface area contributed by atoms with Crippen LogP contribution in [0.2, 0.25) is 0 Å². The number of benzene rings is 2. The summed E-state index contributed by atoms with van der Waals surface area (Å²) >= 11 is 0. The first-order valence-corrected chi connectivity index (χ1v) is 10.1. The molecule has 0 aliphatic carbocycles. The van der Waals surface area contributed by atoms with Gasteiger partial charge >= 0.3 is 6.18 Å². The van der Waals surface area contributed by atoms with Crippen LogP contribution in [0.3, 0.4) is 0 Å². The summed E-state index contributed by atoms with van der Waals surface area (Å²) in [6, 6.07) is 18.3. The van der Waals surface area contributed by atoms with Gasteiger partial charge in [0.2, 0.25) is 5.95 Å². The van der Waals surface area contributed by atoms with Crippen LogP contribution in [0.1, 0.15) is 18.6 Å². The van der Waals surface area contributed by atoms with E-state index in [2.05, 4.69) is 25.5 Å². The lowest BCUT2D eigenvalue weighted by Crippen LogP contribution is -2.12. The first kappa shape index (κ1) is 24.6. The molecule has 0 aliphatic rings. The van der Waals surface area contributed by atoms with Crippen LogP contribution in [-0.2, 0) is 12.7 Å². The molecule has 176 valence electrons. The van der Waals surface area contributed by atoms with Crippen LogP contribution in [0.4, 0.5) is 24.9 Å². The molecule has 9 heteroatoms. The van der Waals surface area contributed by atoms with Gasteiger partial charge in [0.25, 0.3) is 0 Å². The van der Waals surface area contributed by atoms with Gasteiger partial charge in [0.15, 0.2) is 5.82 Å². The minimum absolute atomic E-state index is 0. The molecule has 4 rings (SSSR count). The summed E-state index contributed by atoms with van der Waals surface area (Å²) < 4.78 is 39.8. The fraction of sp³-hybridized carbons (Fsp3) is 0.200. The van der Waals surface area contributed by atoms with Crippen molar-refractivity contribution in [3.8, 4) is 22.5 Å². The van der Waals surface area contributed by atoms with E-state index in [1.165, 1.54) is 6.07 Å². The van der Waals surface area contributed by atoms with Gasteiger partial charge in [-0.1, -0.05) is 49.9 Å². The van der Waals surface area contributed by atoms with Gasteiger partial charge < -0.3 is 10.2 Å². The van der Waals surface area contributed by atoms with E-state index in [4.69, 9.17) is 0 Å². The minimum atomic E-state index is -4.46. The van der Waals surface area contributed by atoms with Crippen LogP contribution >= 0.6 is 0 Å². The van der Waals surface area contributed by atoms with E-state index in [0.717, 1.165) is 17.7 Å². The van der Waals surface area contributed by atoms with E-state index in [1.54, 1.807) is 29.3 Å². The van der Waals surface area contributed by atoms with Gasteiger partial charge in [-0.2, -0.15) is 13.2 Å².